The van der Waals surface area contributed by atoms with Crippen molar-refractivity contribution in [3.05, 3.63) is 36.8 Å². The number of hydrogen-bond acceptors (Lipinski definition) is 7. The van der Waals surface area contributed by atoms with Gasteiger partial charge in [-0.05, 0) is 30.2 Å². The molecule has 3 heterocycles. The molecule has 1 saturated heterocycles. The second-order valence-corrected chi connectivity index (χ2v) is 7.88. The number of carbonyl (C=O) groups excluding carboxylic acids is 1. The van der Waals surface area contributed by atoms with Crippen LogP contribution in [0.4, 0.5) is 11.5 Å². The first kappa shape index (κ1) is 17.6. The minimum Gasteiger partial charge on any atom is -0.311 e. The summed E-state index contributed by atoms with van der Waals surface area (Å²) in [5.74, 6) is 0.263. The van der Waals surface area contributed by atoms with Crippen LogP contribution in [0, 0.1) is 0 Å². The maximum atomic E-state index is 11.2. The van der Waals surface area contributed by atoms with E-state index in [1.165, 1.54) is 6.92 Å². The fraction of sp³-hybridized carbons (Fsp3) is 0.312. The Kier molecular flexibility index (Phi) is 4.91. The zero-order chi connectivity index (χ0) is 18.0. The van der Waals surface area contributed by atoms with Gasteiger partial charge in [-0.2, -0.15) is 4.31 Å². The summed E-state index contributed by atoms with van der Waals surface area (Å²) in [4.78, 5) is 19.5. The molecule has 0 radical (unpaired) electrons. The first-order valence-corrected chi connectivity index (χ1v) is 9.30. The lowest BCUT2D eigenvalue weighted by Gasteiger charge is -2.52. The Bertz CT molecular complexity index is 786. The number of nitrogens with zero attached hydrogens (tertiary/aromatic N) is 4. The van der Waals surface area contributed by atoms with Crippen LogP contribution >= 0.6 is 11.0 Å². The molecule has 3 N–H and O–H groups in total. The molecular weight excluding hydrogens is 342 g/mol. The van der Waals surface area contributed by atoms with Gasteiger partial charge in [-0.15, -0.1) is 0 Å². The Morgan fingerprint density at radius 3 is 2.80 bits per heavy atom. The highest BCUT2D eigenvalue weighted by atomic mass is 32.3. The van der Waals surface area contributed by atoms with E-state index in [2.05, 4.69) is 15.3 Å². The van der Waals surface area contributed by atoms with Crippen molar-refractivity contribution in [2.75, 3.05) is 29.8 Å². The van der Waals surface area contributed by atoms with Crippen molar-refractivity contribution < 1.29 is 13.9 Å². The van der Waals surface area contributed by atoms with Crippen LogP contribution < -0.4 is 9.62 Å². The summed E-state index contributed by atoms with van der Waals surface area (Å²) < 4.78 is 24.1. The van der Waals surface area contributed by atoms with Gasteiger partial charge in [0.1, 0.15) is 5.82 Å². The largest absolute Gasteiger partial charge is 0.311 e. The highest BCUT2D eigenvalue weighted by molar-refractivity contribution is 8.23. The Labute approximate surface area is 148 Å². The van der Waals surface area contributed by atoms with Crippen LogP contribution in [0.25, 0.3) is 11.1 Å². The number of anilines is 2. The van der Waals surface area contributed by atoms with Gasteiger partial charge in [-0.3, -0.25) is 23.2 Å². The van der Waals surface area contributed by atoms with Gasteiger partial charge in [-0.1, -0.05) is 11.0 Å². The molecule has 2 aromatic heterocycles. The van der Waals surface area contributed by atoms with Crippen molar-refractivity contribution in [2.45, 2.75) is 13.3 Å². The van der Waals surface area contributed by atoms with Crippen LogP contribution in [0.15, 0.2) is 36.8 Å². The number of aromatic nitrogens is 2. The highest BCUT2D eigenvalue weighted by Gasteiger charge is 2.32. The molecule has 0 unspecified atom stereocenters. The lowest BCUT2D eigenvalue weighted by atomic mass is 10.1. The molecule has 2 aromatic rings. The quantitative estimate of drug-likeness (QED) is 0.770. The van der Waals surface area contributed by atoms with E-state index in [1.54, 1.807) is 40.3 Å². The summed E-state index contributed by atoms with van der Waals surface area (Å²) in [6, 6.07) is 5.42. The molecule has 1 aliphatic rings. The zero-order valence-electron chi connectivity index (χ0n) is 14.1. The molecular formula is C16H21N5O3S. The van der Waals surface area contributed by atoms with Crippen molar-refractivity contribution in [2.24, 2.45) is 0 Å². The topological polar surface area (TPSA) is 102 Å². The van der Waals surface area contributed by atoms with Gasteiger partial charge in [0, 0.05) is 45.0 Å². The highest BCUT2D eigenvalue weighted by Crippen LogP contribution is 2.51. The van der Waals surface area contributed by atoms with Crippen molar-refractivity contribution in [1.29, 1.82) is 0 Å². The SMILES string of the molecule is CC(=O)Nc1cc(-c2cncc(N3CCCN(C)S3(O)O)c2)ccn1. The van der Waals surface area contributed by atoms with E-state index in [4.69, 9.17) is 0 Å². The van der Waals surface area contributed by atoms with Crippen LogP contribution in [0.5, 0.6) is 0 Å². The van der Waals surface area contributed by atoms with E-state index in [9.17, 15) is 13.9 Å². The summed E-state index contributed by atoms with van der Waals surface area (Å²) in [5, 5.41) is 2.65. The zero-order valence-corrected chi connectivity index (χ0v) is 14.9. The summed E-state index contributed by atoms with van der Waals surface area (Å²) in [5.41, 5.74) is 2.27. The van der Waals surface area contributed by atoms with Crippen molar-refractivity contribution >= 4 is 28.4 Å². The molecule has 9 heteroatoms. The predicted molar refractivity (Wildman–Crippen MR) is 99.2 cm³/mol. The molecule has 8 nitrogen and oxygen atoms in total. The van der Waals surface area contributed by atoms with E-state index in [-0.39, 0.29) is 5.91 Å². The monoisotopic (exact) mass is 363 g/mol. The second kappa shape index (κ2) is 6.96. The van der Waals surface area contributed by atoms with Crippen LogP contribution in [0.1, 0.15) is 13.3 Å². The number of pyridine rings is 2. The molecule has 0 aromatic carbocycles. The summed E-state index contributed by atoms with van der Waals surface area (Å²) in [6.45, 7) is 2.61. The molecule has 1 fully saturated rings. The summed E-state index contributed by atoms with van der Waals surface area (Å²) in [6.07, 6.45) is 5.75. The van der Waals surface area contributed by atoms with Crippen LogP contribution in [0.2, 0.25) is 0 Å². The van der Waals surface area contributed by atoms with Gasteiger partial charge in [0.15, 0.2) is 0 Å². The van der Waals surface area contributed by atoms with Crippen molar-refractivity contribution in [3.8, 4) is 11.1 Å². The lowest BCUT2D eigenvalue weighted by Crippen LogP contribution is -2.44. The summed E-state index contributed by atoms with van der Waals surface area (Å²) >= 11 is 0. The van der Waals surface area contributed by atoms with Crippen LogP contribution in [-0.4, -0.2) is 49.4 Å². The molecule has 3 rings (SSSR count). The van der Waals surface area contributed by atoms with Crippen LogP contribution in [-0.2, 0) is 4.79 Å². The average Bonchev–Trinajstić information content (AvgIpc) is 2.57. The van der Waals surface area contributed by atoms with Gasteiger partial charge in [-0.25, -0.2) is 4.98 Å². The molecule has 0 atom stereocenters. The number of rotatable bonds is 3. The first-order chi connectivity index (χ1) is 11.9. The molecule has 1 aliphatic heterocycles. The number of amides is 1. The molecule has 25 heavy (non-hydrogen) atoms. The molecule has 0 bridgehead atoms. The van der Waals surface area contributed by atoms with Gasteiger partial charge < -0.3 is 5.32 Å². The third kappa shape index (κ3) is 3.74. The van der Waals surface area contributed by atoms with Gasteiger partial charge >= 0.3 is 0 Å². The first-order valence-electron chi connectivity index (χ1n) is 7.84. The molecule has 0 saturated carbocycles. The van der Waals surface area contributed by atoms with Crippen molar-refractivity contribution in [1.82, 2.24) is 14.3 Å². The van der Waals surface area contributed by atoms with Crippen LogP contribution in [0.3, 0.4) is 0 Å². The molecule has 134 valence electrons. The Balaban J connectivity index is 1.93. The standard InChI is InChI=1S/C16H21N5O3S/c1-12(22)19-16-9-13(4-5-18-16)14-8-15(11-17-10-14)21-7-3-6-20(2)25(21,23)24/h4-5,8-11,23-24H,3,6-7H2,1-2H3,(H,18,19,22). The smallest absolute Gasteiger partial charge is 0.222 e. The normalized spacial score (nSPS) is 18.6. The van der Waals surface area contributed by atoms with E-state index >= 15 is 0 Å². The third-order valence-corrected chi connectivity index (χ3v) is 5.96. The van der Waals surface area contributed by atoms with E-state index in [0.29, 0.717) is 24.6 Å². The van der Waals surface area contributed by atoms with Crippen molar-refractivity contribution in [3.63, 3.8) is 0 Å². The Morgan fingerprint density at radius 2 is 2.04 bits per heavy atom. The van der Waals surface area contributed by atoms with E-state index < -0.39 is 11.0 Å². The lowest BCUT2D eigenvalue weighted by molar-refractivity contribution is -0.114. The molecule has 0 aliphatic carbocycles. The minimum atomic E-state index is -3.02. The van der Waals surface area contributed by atoms with Gasteiger partial charge in [0.25, 0.3) is 0 Å². The number of hydrogen-bond donors (Lipinski definition) is 3. The second-order valence-electron chi connectivity index (χ2n) is 5.84. The third-order valence-electron chi connectivity index (χ3n) is 3.96. The maximum Gasteiger partial charge on any atom is 0.222 e. The fourth-order valence-electron chi connectivity index (χ4n) is 2.70. The van der Waals surface area contributed by atoms with Gasteiger partial charge in [0.05, 0.1) is 11.9 Å². The van der Waals surface area contributed by atoms with E-state index in [1.807, 2.05) is 12.1 Å². The average molecular weight is 363 g/mol. The number of carbonyl (C=O) groups is 1. The molecule has 0 spiro atoms. The Morgan fingerprint density at radius 1 is 1.24 bits per heavy atom. The Hall–Kier alpha value is -2.20. The maximum absolute atomic E-state index is 11.2. The van der Waals surface area contributed by atoms with Gasteiger partial charge in [0.2, 0.25) is 5.91 Å². The van der Waals surface area contributed by atoms with E-state index in [0.717, 1.165) is 17.5 Å². The summed E-state index contributed by atoms with van der Waals surface area (Å²) in [7, 11) is -1.33. The number of nitrogens with one attached hydrogen (secondary N) is 1. The fourth-order valence-corrected chi connectivity index (χ4v) is 4.17. The predicted octanol–water partition coefficient (Wildman–Crippen LogP) is 2.82. The molecule has 1 amide bonds. The minimum absolute atomic E-state index is 0.193.